The van der Waals surface area contributed by atoms with Crippen molar-refractivity contribution in [2.24, 2.45) is 0 Å². The van der Waals surface area contributed by atoms with E-state index in [1.807, 2.05) is 0 Å². The first kappa shape index (κ1) is 28.0. The molecule has 4 atom stereocenters. The summed E-state index contributed by atoms with van der Waals surface area (Å²) in [4.78, 5) is 41.0. The molecule has 3 rings (SSSR count). The van der Waals surface area contributed by atoms with Gasteiger partial charge in [-0.3, -0.25) is 14.6 Å². The molecule has 2 N–H and O–H groups in total. The van der Waals surface area contributed by atoms with Crippen LogP contribution in [0, 0.1) is 0 Å². The first-order valence-corrected chi connectivity index (χ1v) is 17.3. The number of H-pyrrole nitrogens is 2. The van der Waals surface area contributed by atoms with Crippen LogP contribution in [0.1, 0.15) is 72.0 Å². The summed E-state index contributed by atoms with van der Waals surface area (Å²) in [6.07, 6.45) is 2.06. The molecule has 35 heavy (non-hydrogen) atoms. The second-order valence-electron chi connectivity index (χ2n) is 9.51. The zero-order chi connectivity index (χ0) is 25.6. The van der Waals surface area contributed by atoms with Crippen LogP contribution < -0.4 is 11.2 Å². The Bertz CT molecular complexity index is 955. The van der Waals surface area contributed by atoms with E-state index in [0.717, 1.165) is 49.9 Å². The van der Waals surface area contributed by atoms with Crippen LogP contribution in [0.2, 0.25) is 24.2 Å². The monoisotopic (exact) mass is 528 g/mol. The SMILES string of the molecule is CCC[Si]1(CCC)OC[C@H]2O[C@@H](c3c[nH]c(=O)[nH]c3=O)[C@H](OC(C)=O)[C@@H]2O[Si](CCC)(CCC)O1. The number of aromatic nitrogens is 2. The number of nitrogens with one attached hydrogen (secondary N) is 2. The number of carbonyl (C=O) groups excluding carboxylic acids is 1. The van der Waals surface area contributed by atoms with Gasteiger partial charge in [-0.1, -0.05) is 53.4 Å². The predicted molar refractivity (Wildman–Crippen MR) is 135 cm³/mol. The zero-order valence-electron chi connectivity index (χ0n) is 21.5. The average molecular weight is 529 g/mol. The van der Waals surface area contributed by atoms with Crippen molar-refractivity contribution in [3.05, 3.63) is 32.6 Å². The van der Waals surface area contributed by atoms with Gasteiger partial charge >= 0.3 is 28.8 Å². The Morgan fingerprint density at radius 2 is 1.63 bits per heavy atom. The number of hydrogen-bond acceptors (Lipinski definition) is 8. The van der Waals surface area contributed by atoms with Crippen molar-refractivity contribution in [2.75, 3.05) is 6.61 Å². The first-order valence-electron chi connectivity index (χ1n) is 12.9. The second kappa shape index (κ2) is 12.1. The molecule has 2 aliphatic heterocycles. The lowest BCUT2D eigenvalue weighted by Crippen LogP contribution is -2.61. The van der Waals surface area contributed by atoms with E-state index in [1.165, 1.54) is 13.1 Å². The third-order valence-electron chi connectivity index (χ3n) is 6.52. The van der Waals surface area contributed by atoms with Crippen molar-refractivity contribution in [1.82, 2.24) is 9.97 Å². The van der Waals surface area contributed by atoms with Crippen LogP contribution in [0.25, 0.3) is 0 Å². The average Bonchev–Trinajstić information content (AvgIpc) is 3.08. The molecule has 0 radical (unpaired) electrons. The molecule has 0 amide bonds. The molecule has 2 saturated heterocycles. The quantitative estimate of drug-likeness (QED) is 0.349. The molecular formula is C23H40N2O8Si2. The number of fused-ring (bicyclic) bond motifs is 1. The minimum atomic E-state index is -2.79. The number of rotatable bonds is 10. The Morgan fingerprint density at radius 3 is 2.17 bits per heavy atom. The number of esters is 1. The van der Waals surface area contributed by atoms with Gasteiger partial charge in [-0.2, -0.15) is 0 Å². The minimum Gasteiger partial charge on any atom is -0.457 e. The highest BCUT2D eigenvalue weighted by Crippen LogP contribution is 2.43. The van der Waals surface area contributed by atoms with Crippen LogP contribution in [0.15, 0.2) is 15.8 Å². The topological polar surface area (TPSA) is 129 Å². The number of hydrogen-bond donors (Lipinski definition) is 2. The van der Waals surface area contributed by atoms with E-state index in [-0.39, 0.29) is 12.2 Å². The molecule has 10 nitrogen and oxygen atoms in total. The van der Waals surface area contributed by atoms with E-state index in [9.17, 15) is 14.4 Å². The maximum Gasteiger partial charge on any atom is 0.329 e. The normalized spacial score (nSPS) is 27.6. The van der Waals surface area contributed by atoms with Crippen LogP contribution in [-0.2, 0) is 27.2 Å². The highest BCUT2D eigenvalue weighted by Gasteiger charge is 2.57. The minimum absolute atomic E-state index is 0.177. The third kappa shape index (κ3) is 6.41. The summed E-state index contributed by atoms with van der Waals surface area (Å²) >= 11 is 0. The molecule has 0 bridgehead atoms. The van der Waals surface area contributed by atoms with E-state index < -0.39 is 58.8 Å². The summed E-state index contributed by atoms with van der Waals surface area (Å²) in [7, 11) is -5.36. The van der Waals surface area contributed by atoms with Crippen molar-refractivity contribution >= 4 is 23.1 Å². The number of aromatic amines is 2. The Hall–Kier alpha value is -1.58. The van der Waals surface area contributed by atoms with E-state index in [0.29, 0.717) is 0 Å². The summed E-state index contributed by atoms with van der Waals surface area (Å²) in [6.45, 7) is 10.1. The second-order valence-corrected chi connectivity index (χ2v) is 16.5. The molecule has 0 aromatic carbocycles. The predicted octanol–water partition coefficient (Wildman–Crippen LogP) is 3.39. The summed E-state index contributed by atoms with van der Waals surface area (Å²) in [6, 6.07) is 3.35. The lowest BCUT2D eigenvalue weighted by molar-refractivity contribution is -0.153. The van der Waals surface area contributed by atoms with Crippen LogP contribution in [-0.4, -0.2) is 58.0 Å². The highest BCUT2D eigenvalue weighted by molar-refractivity contribution is 6.81. The molecule has 2 fully saturated rings. The van der Waals surface area contributed by atoms with Crippen molar-refractivity contribution < 1.29 is 27.2 Å². The summed E-state index contributed by atoms with van der Waals surface area (Å²) in [5, 5.41) is 0. The van der Waals surface area contributed by atoms with Gasteiger partial charge in [0.2, 0.25) is 0 Å². The van der Waals surface area contributed by atoms with Crippen LogP contribution in [0.4, 0.5) is 0 Å². The van der Waals surface area contributed by atoms with Gasteiger partial charge in [0.15, 0.2) is 6.10 Å². The standard InChI is InChI=1S/C23H40N2O8Si2/c1-6-10-34(11-7-2)29-15-18-20(32-35(33-34,12-8-3)13-9-4)21(30-16(5)26)19(31-18)17-14-24-23(28)25-22(17)27/h14,18-21H,6-13,15H2,1-5H3,(H2,24,25,27,28)/t18-,19+,20-,21+/m1/s1. The van der Waals surface area contributed by atoms with Gasteiger partial charge in [0.25, 0.3) is 5.56 Å². The molecule has 1 aromatic heterocycles. The Balaban J connectivity index is 2.08. The Morgan fingerprint density at radius 1 is 1.03 bits per heavy atom. The van der Waals surface area contributed by atoms with Gasteiger partial charge in [-0.05, 0) is 24.2 Å². The molecular weight excluding hydrogens is 488 g/mol. The van der Waals surface area contributed by atoms with E-state index >= 15 is 0 Å². The third-order valence-corrected chi connectivity index (χ3v) is 15.9. The molecule has 12 heteroatoms. The van der Waals surface area contributed by atoms with Crippen LogP contribution in [0.3, 0.4) is 0 Å². The molecule has 0 aliphatic carbocycles. The van der Waals surface area contributed by atoms with E-state index in [2.05, 4.69) is 37.7 Å². The van der Waals surface area contributed by atoms with Gasteiger partial charge < -0.3 is 27.4 Å². The zero-order valence-corrected chi connectivity index (χ0v) is 23.5. The van der Waals surface area contributed by atoms with Crippen LogP contribution in [0.5, 0.6) is 0 Å². The molecule has 0 saturated carbocycles. The van der Waals surface area contributed by atoms with Crippen molar-refractivity contribution in [3.63, 3.8) is 0 Å². The molecule has 2 aliphatic rings. The van der Waals surface area contributed by atoms with Crippen molar-refractivity contribution in [3.8, 4) is 0 Å². The molecule has 198 valence electrons. The Kier molecular flexibility index (Phi) is 9.69. The number of ether oxygens (including phenoxy) is 2. The summed E-state index contributed by atoms with van der Waals surface area (Å²) < 4.78 is 32.8. The van der Waals surface area contributed by atoms with E-state index in [4.69, 9.17) is 22.4 Å². The fourth-order valence-corrected chi connectivity index (χ4v) is 15.4. The number of carbonyl (C=O) groups is 1. The fraction of sp³-hybridized carbons (Fsp3) is 0.783. The first-order chi connectivity index (χ1) is 16.7. The Labute approximate surface area is 208 Å². The lowest BCUT2D eigenvalue weighted by Gasteiger charge is -2.45. The van der Waals surface area contributed by atoms with Gasteiger partial charge in [-0.25, -0.2) is 4.79 Å². The highest BCUT2D eigenvalue weighted by atomic mass is 28.5. The van der Waals surface area contributed by atoms with Crippen molar-refractivity contribution in [1.29, 1.82) is 0 Å². The summed E-state index contributed by atoms with van der Waals surface area (Å²) in [5.74, 6) is -0.503. The van der Waals surface area contributed by atoms with Gasteiger partial charge in [0.05, 0.1) is 12.2 Å². The molecule has 1 aromatic rings. The van der Waals surface area contributed by atoms with Gasteiger partial charge in [0, 0.05) is 13.1 Å². The molecule has 3 heterocycles. The molecule has 0 unspecified atom stereocenters. The smallest absolute Gasteiger partial charge is 0.329 e. The van der Waals surface area contributed by atoms with Gasteiger partial charge in [-0.15, -0.1) is 0 Å². The maximum atomic E-state index is 12.6. The lowest BCUT2D eigenvalue weighted by atomic mass is 10.0. The fourth-order valence-electron chi connectivity index (χ4n) is 5.32. The van der Waals surface area contributed by atoms with Gasteiger partial charge in [0.1, 0.15) is 18.3 Å². The van der Waals surface area contributed by atoms with Crippen molar-refractivity contribution in [2.45, 2.75) is 109 Å². The van der Waals surface area contributed by atoms with E-state index in [1.54, 1.807) is 0 Å². The summed E-state index contributed by atoms with van der Waals surface area (Å²) in [5.41, 5.74) is -1.03. The molecule has 0 spiro atoms. The van der Waals surface area contributed by atoms with Crippen LogP contribution >= 0.6 is 0 Å². The largest absolute Gasteiger partial charge is 0.457 e. The maximum absolute atomic E-state index is 12.6.